The summed E-state index contributed by atoms with van der Waals surface area (Å²) in [6.45, 7) is -1.47. The quantitative estimate of drug-likeness (QED) is 0.838. The van der Waals surface area contributed by atoms with Gasteiger partial charge in [-0.1, -0.05) is 12.1 Å². The van der Waals surface area contributed by atoms with Gasteiger partial charge in [0, 0.05) is 6.04 Å². The van der Waals surface area contributed by atoms with Gasteiger partial charge in [0.1, 0.15) is 6.54 Å². The average molecular weight is 318 g/mol. The van der Waals surface area contributed by atoms with Crippen LogP contribution in [0.5, 0.6) is 0 Å². The summed E-state index contributed by atoms with van der Waals surface area (Å²) in [4.78, 5) is -0.180. The van der Waals surface area contributed by atoms with Crippen molar-refractivity contribution in [3.63, 3.8) is 0 Å². The van der Waals surface area contributed by atoms with Crippen LogP contribution in [0.4, 0.5) is 13.2 Å². The van der Waals surface area contributed by atoms with E-state index in [2.05, 4.69) is 0 Å². The molecule has 1 aliphatic carbocycles. The molecule has 21 heavy (non-hydrogen) atoms. The summed E-state index contributed by atoms with van der Waals surface area (Å²) in [5.74, 6) is 0. The summed E-state index contributed by atoms with van der Waals surface area (Å²) in [5, 5.41) is 8.54. The summed E-state index contributed by atoms with van der Waals surface area (Å²) in [6, 6.07) is 6.71. The Kier molecular flexibility index (Phi) is 4.25. The van der Waals surface area contributed by atoms with Crippen molar-refractivity contribution in [2.75, 3.05) is 6.54 Å². The van der Waals surface area contributed by atoms with Crippen molar-refractivity contribution in [3.05, 3.63) is 29.8 Å². The van der Waals surface area contributed by atoms with Crippen LogP contribution in [0.2, 0.25) is 0 Å². The number of hydrogen-bond acceptors (Lipinski definition) is 3. The summed E-state index contributed by atoms with van der Waals surface area (Å²) < 4.78 is 62.9. The Hall–Kier alpha value is -1.59. The summed E-state index contributed by atoms with van der Waals surface area (Å²) in [6.07, 6.45) is -3.56. The van der Waals surface area contributed by atoms with Crippen molar-refractivity contribution in [3.8, 4) is 6.07 Å². The number of rotatable bonds is 5. The van der Waals surface area contributed by atoms with Gasteiger partial charge in [-0.15, -0.1) is 0 Å². The van der Waals surface area contributed by atoms with Gasteiger partial charge in [0.2, 0.25) is 10.0 Å². The molecule has 2 rings (SSSR count). The molecule has 4 nitrogen and oxygen atoms in total. The van der Waals surface area contributed by atoms with Crippen molar-refractivity contribution in [1.29, 1.82) is 5.26 Å². The Labute approximate surface area is 120 Å². The first kappa shape index (κ1) is 15.8. The van der Waals surface area contributed by atoms with Gasteiger partial charge in [-0.25, -0.2) is 8.42 Å². The van der Waals surface area contributed by atoms with Crippen molar-refractivity contribution in [2.45, 2.75) is 36.4 Å². The summed E-state index contributed by atoms with van der Waals surface area (Å²) in [5.41, 5.74) is 0.616. The predicted octanol–water partition coefficient (Wildman–Crippen LogP) is 2.47. The van der Waals surface area contributed by atoms with Gasteiger partial charge in [-0.3, -0.25) is 0 Å². The second-order valence-corrected chi connectivity index (χ2v) is 6.77. The minimum absolute atomic E-state index is 0.120. The maximum Gasteiger partial charge on any atom is 0.402 e. The van der Waals surface area contributed by atoms with E-state index in [1.54, 1.807) is 0 Å². The zero-order valence-electron chi connectivity index (χ0n) is 11.0. The minimum atomic E-state index is -4.57. The minimum Gasteiger partial charge on any atom is -0.207 e. The third-order valence-electron chi connectivity index (χ3n) is 3.10. The van der Waals surface area contributed by atoms with E-state index in [0.29, 0.717) is 22.7 Å². The largest absolute Gasteiger partial charge is 0.402 e. The van der Waals surface area contributed by atoms with Gasteiger partial charge in [-0.05, 0) is 30.5 Å². The van der Waals surface area contributed by atoms with E-state index in [9.17, 15) is 21.6 Å². The maximum absolute atomic E-state index is 12.6. The van der Waals surface area contributed by atoms with Crippen LogP contribution in [-0.4, -0.2) is 31.5 Å². The zero-order valence-corrected chi connectivity index (χ0v) is 11.8. The van der Waals surface area contributed by atoms with E-state index in [1.165, 1.54) is 24.3 Å². The monoisotopic (exact) mass is 318 g/mol. The highest BCUT2D eigenvalue weighted by molar-refractivity contribution is 7.89. The molecule has 1 aromatic rings. The second kappa shape index (κ2) is 5.66. The van der Waals surface area contributed by atoms with E-state index in [-0.39, 0.29) is 11.3 Å². The van der Waals surface area contributed by atoms with Crippen molar-refractivity contribution in [1.82, 2.24) is 4.31 Å². The fourth-order valence-electron chi connectivity index (χ4n) is 1.96. The molecule has 0 heterocycles. The number of nitrogens with zero attached hydrogens (tertiary/aromatic N) is 2. The Morgan fingerprint density at radius 3 is 2.24 bits per heavy atom. The number of hydrogen-bond donors (Lipinski definition) is 0. The molecule has 0 amide bonds. The third kappa shape index (κ3) is 3.95. The highest BCUT2D eigenvalue weighted by Gasteiger charge is 2.44. The maximum atomic E-state index is 12.6. The number of halogens is 3. The Bertz CT molecular complexity index is 643. The lowest BCUT2D eigenvalue weighted by atomic mass is 10.2. The average Bonchev–Trinajstić information content (AvgIpc) is 3.20. The van der Waals surface area contributed by atoms with E-state index in [0.717, 1.165) is 0 Å². The van der Waals surface area contributed by atoms with Crippen LogP contribution in [0.3, 0.4) is 0 Å². The van der Waals surface area contributed by atoms with Crippen molar-refractivity contribution >= 4 is 10.0 Å². The predicted molar refractivity (Wildman–Crippen MR) is 68.7 cm³/mol. The highest BCUT2D eigenvalue weighted by atomic mass is 32.2. The SMILES string of the molecule is N#CCc1ccc(S(=O)(=O)N(CC(F)(F)F)C2CC2)cc1. The molecule has 0 bridgehead atoms. The summed E-state index contributed by atoms with van der Waals surface area (Å²) >= 11 is 0. The number of sulfonamides is 1. The van der Waals surface area contributed by atoms with Crippen molar-refractivity contribution in [2.24, 2.45) is 0 Å². The van der Waals surface area contributed by atoms with E-state index < -0.39 is 28.8 Å². The fraction of sp³-hybridized carbons (Fsp3) is 0.462. The molecule has 0 spiro atoms. The molecule has 0 atom stereocenters. The van der Waals surface area contributed by atoms with E-state index in [4.69, 9.17) is 5.26 Å². The molecular weight excluding hydrogens is 305 g/mol. The van der Waals surface area contributed by atoms with Gasteiger partial charge < -0.3 is 0 Å². The third-order valence-corrected chi connectivity index (χ3v) is 5.01. The van der Waals surface area contributed by atoms with E-state index in [1.807, 2.05) is 6.07 Å². The van der Waals surface area contributed by atoms with Crippen LogP contribution in [0, 0.1) is 11.3 Å². The first-order valence-corrected chi connectivity index (χ1v) is 7.72. The first-order chi connectivity index (χ1) is 9.74. The zero-order chi connectivity index (χ0) is 15.7. The molecule has 1 fully saturated rings. The molecule has 8 heteroatoms. The molecule has 0 aromatic heterocycles. The highest BCUT2D eigenvalue weighted by Crippen LogP contribution is 2.34. The van der Waals surface area contributed by atoms with Gasteiger partial charge in [-0.2, -0.15) is 22.7 Å². The molecule has 0 radical (unpaired) electrons. The topological polar surface area (TPSA) is 61.2 Å². The molecule has 1 aliphatic rings. The van der Waals surface area contributed by atoms with Crippen LogP contribution in [0.15, 0.2) is 29.2 Å². The lowest BCUT2D eigenvalue weighted by Crippen LogP contribution is -2.40. The van der Waals surface area contributed by atoms with Crippen LogP contribution >= 0.6 is 0 Å². The standard InChI is InChI=1S/C13H13F3N2O2S/c14-13(15,16)9-18(11-3-4-11)21(19,20)12-5-1-10(2-6-12)7-8-17/h1-2,5-6,11H,3-4,7,9H2. The van der Waals surface area contributed by atoms with Crippen LogP contribution in [0.25, 0.3) is 0 Å². The van der Waals surface area contributed by atoms with Crippen molar-refractivity contribution < 1.29 is 21.6 Å². The fourth-order valence-corrected chi connectivity index (χ4v) is 3.63. The molecule has 114 valence electrons. The number of nitriles is 1. The Morgan fingerprint density at radius 1 is 1.24 bits per heavy atom. The Morgan fingerprint density at radius 2 is 1.81 bits per heavy atom. The summed E-state index contributed by atoms with van der Waals surface area (Å²) in [7, 11) is -4.17. The molecule has 0 N–H and O–H groups in total. The number of alkyl halides is 3. The second-order valence-electron chi connectivity index (χ2n) is 4.88. The molecule has 0 aliphatic heterocycles. The first-order valence-electron chi connectivity index (χ1n) is 6.28. The van der Waals surface area contributed by atoms with Crippen LogP contribution in [0.1, 0.15) is 18.4 Å². The number of benzene rings is 1. The van der Waals surface area contributed by atoms with Gasteiger partial charge in [0.05, 0.1) is 17.4 Å². The van der Waals surface area contributed by atoms with E-state index >= 15 is 0 Å². The van der Waals surface area contributed by atoms with Gasteiger partial charge in [0.25, 0.3) is 0 Å². The molecular formula is C13H13F3N2O2S. The van der Waals surface area contributed by atoms with Crippen LogP contribution < -0.4 is 0 Å². The smallest absolute Gasteiger partial charge is 0.207 e. The lowest BCUT2D eigenvalue weighted by Gasteiger charge is -2.23. The molecule has 1 saturated carbocycles. The molecule has 0 saturated heterocycles. The lowest BCUT2D eigenvalue weighted by molar-refractivity contribution is -0.137. The molecule has 1 aromatic carbocycles. The normalized spacial score (nSPS) is 16.0. The van der Waals surface area contributed by atoms with Gasteiger partial charge >= 0.3 is 6.18 Å². The van der Waals surface area contributed by atoms with Gasteiger partial charge in [0.15, 0.2) is 0 Å². The Balaban J connectivity index is 2.28. The van der Waals surface area contributed by atoms with Crippen LogP contribution in [-0.2, 0) is 16.4 Å². The molecule has 0 unspecified atom stereocenters.